The molecule has 1 nitrogen and oxygen atoms in total. The van der Waals surface area contributed by atoms with Gasteiger partial charge in [-0.3, -0.25) is 0 Å². The highest BCUT2D eigenvalue weighted by molar-refractivity contribution is 5.52. The minimum absolute atomic E-state index is 0.536. The quantitative estimate of drug-likeness (QED) is 0.501. The van der Waals surface area contributed by atoms with Crippen LogP contribution in [0, 0.1) is 11.3 Å². The largest absolute Gasteiger partial charge is 0.303 e. The van der Waals surface area contributed by atoms with Crippen molar-refractivity contribution in [2.24, 2.45) is 11.3 Å². The minimum Gasteiger partial charge on any atom is -0.303 e. The summed E-state index contributed by atoms with van der Waals surface area (Å²) in [4.78, 5) is 10.3. The smallest absolute Gasteiger partial charge is 0.123 e. The van der Waals surface area contributed by atoms with E-state index < -0.39 is 0 Å². The van der Waals surface area contributed by atoms with Crippen LogP contribution in [0.1, 0.15) is 59.3 Å². The summed E-state index contributed by atoms with van der Waals surface area (Å²) in [5.74, 6) is 0.844. The Hall–Kier alpha value is -0.590. The fourth-order valence-corrected chi connectivity index (χ4v) is 2.82. The number of aldehydes is 1. The predicted molar refractivity (Wildman–Crippen MR) is 64.8 cm³/mol. The van der Waals surface area contributed by atoms with Gasteiger partial charge in [0, 0.05) is 6.42 Å². The van der Waals surface area contributed by atoms with Gasteiger partial charge in [-0.2, -0.15) is 0 Å². The van der Waals surface area contributed by atoms with Gasteiger partial charge in [0.15, 0.2) is 0 Å². The fourth-order valence-electron chi connectivity index (χ4n) is 2.82. The lowest BCUT2D eigenvalue weighted by molar-refractivity contribution is -0.107. The van der Waals surface area contributed by atoms with Crippen LogP contribution in [0.25, 0.3) is 0 Å². The molecule has 1 saturated carbocycles. The van der Waals surface area contributed by atoms with Gasteiger partial charge in [-0.1, -0.05) is 38.3 Å². The molecule has 0 aromatic carbocycles. The zero-order valence-electron chi connectivity index (χ0n) is 10.4. The van der Waals surface area contributed by atoms with E-state index in [0.717, 1.165) is 12.2 Å². The van der Waals surface area contributed by atoms with Gasteiger partial charge >= 0.3 is 0 Å². The van der Waals surface area contributed by atoms with Crippen LogP contribution in [0.3, 0.4) is 0 Å². The van der Waals surface area contributed by atoms with E-state index in [0.29, 0.717) is 11.8 Å². The van der Waals surface area contributed by atoms with E-state index in [-0.39, 0.29) is 0 Å². The van der Waals surface area contributed by atoms with E-state index in [2.05, 4.69) is 26.8 Å². The Morgan fingerprint density at radius 3 is 2.80 bits per heavy atom. The lowest BCUT2D eigenvalue weighted by Gasteiger charge is -2.35. The number of allylic oxidation sites excluding steroid dienone is 2. The van der Waals surface area contributed by atoms with Crippen LogP contribution in [0.2, 0.25) is 0 Å². The van der Waals surface area contributed by atoms with Gasteiger partial charge in [-0.25, -0.2) is 0 Å². The van der Waals surface area contributed by atoms with Crippen LogP contribution in [0.4, 0.5) is 0 Å². The van der Waals surface area contributed by atoms with Crippen LogP contribution in [0.5, 0.6) is 0 Å². The number of hydrogen-bond donors (Lipinski definition) is 0. The summed E-state index contributed by atoms with van der Waals surface area (Å²) < 4.78 is 0. The molecule has 0 amide bonds. The van der Waals surface area contributed by atoms with E-state index in [1.165, 1.54) is 37.7 Å². The highest BCUT2D eigenvalue weighted by atomic mass is 16.1. The first kappa shape index (κ1) is 12.5. The molecule has 0 aromatic heterocycles. The summed E-state index contributed by atoms with van der Waals surface area (Å²) in [6.07, 6.45) is 10.3. The van der Waals surface area contributed by atoms with Crippen molar-refractivity contribution in [3.63, 3.8) is 0 Å². The summed E-state index contributed by atoms with van der Waals surface area (Å²) in [7, 11) is 0. The van der Waals surface area contributed by atoms with Gasteiger partial charge in [0.05, 0.1) is 0 Å². The lowest BCUT2D eigenvalue weighted by Crippen LogP contribution is -2.22. The van der Waals surface area contributed by atoms with E-state index in [1.807, 2.05) is 0 Å². The van der Waals surface area contributed by atoms with Crippen LogP contribution >= 0.6 is 0 Å². The third-order valence-corrected chi connectivity index (χ3v) is 3.48. The SMILES string of the molecule is CC(=CCC=O)CC1CCCC(C)(C)C1. The zero-order valence-corrected chi connectivity index (χ0v) is 10.4. The Labute approximate surface area is 93.9 Å². The molecule has 0 aromatic rings. The zero-order chi connectivity index (χ0) is 11.3. The molecule has 0 spiro atoms. The molecule has 0 aliphatic heterocycles. The Morgan fingerprint density at radius 1 is 1.47 bits per heavy atom. The molecular formula is C14H24O. The summed E-state index contributed by atoms with van der Waals surface area (Å²) >= 11 is 0. The first-order chi connectivity index (χ1) is 7.03. The Bertz CT molecular complexity index is 238. The van der Waals surface area contributed by atoms with Crippen molar-refractivity contribution in [3.05, 3.63) is 11.6 Å². The van der Waals surface area contributed by atoms with E-state index in [4.69, 9.17) is 0 Å². The maximum Gasteiger partial charge on any atom is 0.123 e. The summed E-state index contributed by atoms with van der Waals surface area (Å²) in [5, 5.41) is 0. The molecule has 0 saturated heterocycles. The van der Waals surface area contributed by atoms with E-state index >= 15 is 0 Å². The van der Waals surface area contributed by atoms with Crippen molar-refractivity contribution in [1.29, 1.82) is 0 Å². The molecular weight excluding hydrogens is 184 g/mol. The number of carbonyl (C=O) groups is 1. The second kappa shape index (κ2) is 5.48. The van der Waals surface area contributed by atoms with Crippen molar-refractivity contribution < 1.29 is 4.79 Å². The Morgan fingerprint density at radius 2 is 2.20 bits per heavy atom. The van der Waals surface area contributed by atoms with Gasteiger partial charge in [-0.15, -0.1) is 0 Å². The van der Waals surface area contributed by atoms with Crippen LogP contribution in [-0.2, 0) is 4.79 Å². The van der Waals surface area contributed by atoms with Crippen molar-refractivity contribution in [2.45, 2.75) is 59.3 Å². The lowest BCUT2D eigenvalue weighted by atomic mass is 9.70. The highest BCUT2D eigenvalue weighted by Crippen LogP contribution is 2.40. The molecule has 0 heterocycles. The average Bonchev–Trinajstić information content (AvgIpc) is 2.13. The molecule has 1 rings (SSSR count). The molecule has 1 heteroatoms. The summed E-state index contributed by atoms with van der Waals surface area (Å²) in [6, 6.07) is 0. The third-order valence-electron chi connectivity index (χ3n) is 3.48. The molecule has 0 N–H and O–H groups in total. The number of rotatable bonds is 4. The standard InChI is InChI=1S/C14H24O/c1-12(6-5-9-15)10-13-7-4-8-14(2,3)11-13/h6,9,13H,4-5,7-8,10-11H2,1-3H3. The van der Waals surface area contributed by atoms with E-state index in [9.17, 15) is 4.79 Å². The molecule has 1 unspecified atom stereocenters. The van der Waals surface area contributed by atoms with Gasteiger partial charge < -0.3 is 4.79 Å². The maximum absolute atomic E-state index is 10.3. The molecule has 1 atom stereocenters. The number of carbonyl (C=O) groups excluding carboxylic acids is 1. The van der Waals surface area contributed by atoms with Gasteiger partial charge in [-0.05, 0) is 37.5 Å². The van der Waals surface area contributed by atoms with Gasteiger partial charge in [0.25, 0.3) is 0 Å². The molecule has 1 fully saturated rings. The molecule has 0 radical (unpaired) electrons. The molecule has 0 bridgehead atoms. The topological polar surface area (TPSA) is 17.1 Å². The monoisotopic (exact) mass is 208 g/mol. The van der Waals surface area contributed by atoms with Gasteiger partial charge in [0.1, 0.15) is 6.29 Å². The minimum atomic E-state index is 0.536. The van der Waals surface area contributed by atoms with Crippen LogP contribution < -0.4 is 0 Å². The van der Waals surface area contributed by atoms with Crippen molar-refractivity contribution in [2.75, 3.05) is 0 Å². The van der Waals surface area contributed by atoms with Crippen molar-refractivity contribution >= 4 is 6.29 Å². The van der Waals surface area contributed by atoms with Crippen LogP contribution in [0.15, 0.2) is 11.6 Å². The first-order valence-electron chi connectivity index (χ1n) is 6.13. The fraction of sp³-hybridized carbons (Fsp3) is 0.786. The third kappa shape index (κ3) is 4.63. The first-order valence-corrected chi connectivity index (χ1v) is 6.13. The second-order valence-electron chi connectivity index (χ2n) is 5.78. The number of hydrogen-bond acceptors (Lipinski definition) is 1. The normalized spacial score (nSPS) is 26.3. The average molecular weight is 208 g/mol. The summed E-state index contributed by atoms with van der Waals surface area (Å²) in [5.41, 5.74) is 1.93. The Kier molecular flexibility index (Phi) is 4.56. The molecule has 15 heavy (non-hydrogen) atoms. The molecule has 86 valence electrons. The van der Waals surface area contributed by atoms with Crippen molar-refractivity contribution in [1.82, 2.24) is 0 Å². The highest BCUT2D eigenvalue weighted by Gasteiger charge is 2.27. The summed E-state index contributed by atoms with van der Waals surface area (Å²) in [6.45, 7) is 6.92. The maximum atomic E-state index is 10.3. The Balaban J connectivity index is 2.41. The van der Waals surface area contributed by atoms with Crippen molar-refractivity contribution in [3.8, 4) is 0 Å². The molecule has 1 aliphatic carbocycles. The van der Waals surface area contributed by atoms with Crippen LogP contribution in [-0.4, -0.2) is 6.29 Å². The van der Waals surface area contributed by atoms with E-state index in [1.54, 1.807) is 0 Å². The predicted octanol–water partition coefficient (Wildman–Crippen LogP) is 4.13. The molecule has 1 aliphatic rings. The van der Waals surface area contributed by atoms with Gasteiger partial charge in [0.2, 0.25) is 0 Å². The second-order valence-corrected chi connectivity index (χ2v) is 5.78.